The van der Waals surface area contributed by atoms with Crippen LogP contribution in [0, 0.1) is 17.8 Å². The third-order valence-corrected chi connectivity index (χ3v) is 4.61. The van der Waals surface area contributed by atoms with Crippen molar-refractivity contribution < 1.29 is 19.1 Å². The molecule has 0 amide bonds. The highest BCUT2D eigenvalue weighted by atomic mass is 35.5. The van der Waals surface area contributed by atoms with Gasteiger partial charge in [-0.1, -0.05) is 17.5 Å². The van der Waals surface area contributed by atoms with Gasteiger partial charge < -0.3 is 14.3 Å². The fourth-order valence-electron chi connectivity index (χ4n) is 3.26. The van der Waals surface area contributed by atoms with E-state index in [9.17, 15) is 9.90 Å². The van der Waals surface area contributed by atoms with E-state index >= 15 is 0 Å². The van der Waals surface area contributed by atoms with Crippen LogP contribution >= 0.6 is 11.6 Å². The Labute approximate surface area is 159 Å². The van der Waals surface area contributed by atoms with E-state index in [-0.39, 0.29) is 23.3 Å². The number of carboxylic acids is 1. The molecule has 27 heavy (non-hydrogen) atoms. The van der Waals surface area contributed by atoms with E-state index in [4.69, 9.17) is 20.8 Å². The number of imidazole rings is 1. The molecular formula is C18H15ClN4O4. The van der Waals surface area contributed by atoms with Crippen LogP contribution in [-0.4, -0.2) is 37.2 Å². The maximum atomic E-state index is 11.3. The number of halogens is 1. The van der Waals surface area contributed by atoms with Crippen LogP contribution in [0.4, 0.5) is 0 Å². The highest BCUT2D eigenvalue weighted by Crippen LogP contribution is 2.39. The zero-order chi connectivity index (χ0) is 19.0. The van der Waals surface area contributed by atoms with Gasteiger partial charge in [0.15, 0.2) is 22.4 Å². The Morgan fingerprint density at radius 3 is 3.00 bits per heavy atom. The van der Waals surface area contributed by atoms with Crippen molar-refractivity contribution in [3.05, 3.63) is 29.4 Å². The number of furan rings is 1. The number of hydrogen-bond acceptors (Lipinski definition) is 6. The Morgan fingerprint density at radius 1 is 1.44 bits per heavy atom. The number of aromatic nitrogens is 4. The summed E-state index contributed by atoms with van der Waals surface area (Å²) in [5.74, 6) is 5.63. The van der Waals surface area contributed by atoms with Gasteiger partial charge in [-0.05, 0) is 31.4 Å². The van der Waals surface area contributed by atoms with Crippen LogP contribution in [0.25, 0.3) is 22.7 Å². The van der Waals surface area contributed by atoms with Crippen LogP contribution in [-0.2, 0) is 9.53 Å². The summed E-state index contributed by atoms with van der Waals surface area (Å²) in [7, 11) is 0. The first-order valence-corrected chi connectivity index (χ1v) is 8.71. The van der Waals surface area contributed by atoms with Crippen molar-refractivity contribution >= 4 is 28.7 Å². The molecule has 1 fully saturated rings. The van der Waals surface area contributed by atoms with Crippen LogP contribution in [0.5, 0.6) is 0 Å². The summed E-state index contributed by atoms with van der Waals surface area (Å²) < 4.78 is 13.1. The van der Waals surface area contributed by atoms with Crippen molar-refractivity contribution in [2.45, 2.75) is 26.0 Å². The molecule has 4 heterocycles. The quantitative estimate of drug-likeness (QED) is 0.542. The fourth-order valence-corrected chi connectivity index (χ4v) is 3.47. The van der Waals surface area contributed by atoms with Gasteiger partial charge in [0, 0.05) is 12.5 Å². The third kappa shape index (κ3) is 3.16. The second kappa shape index (κ2) is 7.02. The Balaban J connectivity index is 1.96. The Bertz CT molecular complexity index is 1060. The lowest BCUT2D eigenvalue weighted by molar-refractivity contribution is -0.139. The highest BCUT2D eigenvalue weighted by molar-refractivity contribution is 6.33. The molecule has 8 nitrogen and oxygen atoms in total. The molecule has 4 rings (SSSR count). The number of aliphatic carboxylic acids is 1. The fraction of sp³-hybridized carbons (Fsp3) is 0.333. The van der Waals surface area contributed by atoms with E-state index in [1.807, 2.05) is 0 Å². The molecule has 0 spiro atoms. The minimum atomic E-state index is -0.885. The maximum absolute atomic E-state index is 11.3. The first kappa shape index (κ1) is 17.5. The number of fused-ring (bicyclic) bond motifs is 1. The van der Waals surface area contributed by atoms with E-state index in [0.717, 1.165) is 0 Å². The first-order chi connectivity index (χ1) is 13.1. The van der Waals surface area contributed by atoms with Crippen molar-refractivity contribution in [3.8, 4) is 23.4 Å². The zero-order valence-electron chi connectivity index (χ0n) is 14.3. The van der Waals surface area contributed by atoms with Gasteiger partial charge in [0.1, 0.15) is 11.7 Å². The van der Waals surface area contributed by atoms with E-state index in [2.05, 4.69) is 26.8 Å². The number of carbonyl (C=O) groups is 1. The van der Waals surface area contributed by atoms with Crippen molar-refractivity contribution in [1.29, 1.82) is 0 Å². The van der Waals surface area contributed by atoms with E-state index in [0.29, 0.717) is 35.8 Å². The van der Waals surface area contributed by atoms with Crippen LogP contribution in [0.15, 0.2) is 22.8 Å². The van der Waals surface area contributed by atoms with E-state index < -0.39 is 12.2 Å². The minimum absolute atomic E-state index is 0.0254. The second-order valence-corrected chi connectivity index (χ2v) is 6.43. The van der Waals surface area contributed by atoms with Crippen LogP contribution < -0.4 is 0 Å². The first-order valence-electron chi connectivity index (χ1n) is 8.34. The summed E-state index contributed by atoms with van der Waals surface area (Å²) in [5.41, 5.74) is 0.815. The molecular weight excluding hydrogens is 372 g/mol. The average Bonchev–Trinajstić information content (AvgIpc) is 3.33. The number of ether oxygens (including phenoxy) is 1. The largest absolute Gasteiger partial charge is 0.481 e. The number of rotatable bonds is 4. The molecule has 3 aromatic heterocycles. The smallest absolute Gasteiger partial charge is 0.303 e. The molecule has 138 valence electrons. The number of nitrogens with zero attached hydrogens (tertiary/aromatic N) is 4. The van der Waals surface area contributed by atoms with Gasteiger partial charge in [-0.15, -0.1) is 0 Å². The number of hydrogen-bond donors (Lipinski definition) is 1. The molecule has 0 unspecified atom stereocenters. The van der Waals surface area contributed by atoms with Crippen LogP contribution in [0.1, 0.15) is 31.8 Å². The van der Waals surface area contributed by atoms with Crippen LogP contribution in [0.3, 0.4) is 0 Å². The molecule has 1 aliphatic heterocycles. The van der Waals surface area contributed by atoms with Crippen molar-refractivity contribution in [1.82, 2.24) is 19.5 Å². The average molecular weight is 387 g/mol. The van der Waals surface area contributed by atoms with Gasteiger partial charge in [0.25, 0.3) is 0 Å². The maximum Gasteiger partial charge on any atom is 0.303 e. The monoisotopic (exact) mass is 386 g/mol. The molecule has 1 saturated heterocycles. The SMILES string of the molecule is CC#Cc1nc(Cl)c2nc(-c3ccco3)n([C@@H]3OCC[C@@H]3CC(=O)O)c2n1. The summed E-state index contributed by atoms with van der Waals surface area (Å²) >= 11 is 6.31. The van der Waals surface area contributed by atoms with E-state index in [1.165, 1.54) is 6.26 Å². The lowest BCUT2D eigenvalue weighted by Gasteiger charge is -2.20. The van der Waals surface area contributed by atoms with Gasteiger partial charge in [-0.25, -0.2) is 15.0 Å². The highest BCUT2D eigenvalue weighted by Gasteiger charge is 2.36. The predicted octanol–water partition coefficient (Wildman–Crippen LogP) is 3.12. The molecule has 3 aromatic rings. The van der Waals surface area contributed by atoms with Crippen molar-refractivity contribution in [2.24, 2.45) is 5.92 Å². The minimum Gasteiger partial charge on any atom is -0.481 e. The summed E-state index contributed by atoms with van der Waals surface area (Å²) in [6, 6.07) is 3.50. The van der Waals surface area contributed by atoms with Gasteiger partial charge >= 0.3 is 5.97 Å². The summed E-state index contributed by atoms with van der Waals surface area (Å²) in [4.78, 5) is 24.5. The Hall–Kier alpha value is -2.89. The van der Waals surface area contributed by atoms with Crippen molar-refractivity contribution in [2.75, 3.05) is 6.61 Å². The molecule has 1 aliphatic rings. The molecule has 0 bridgehead atoms. The molecule has 2 atom stereocenters. The molecule has 0 saturated carbocycles. The Morgan fingerprint density at radius 2 is 2.30 bits per heavy atom. The summed E-state index contributed by atoms with van der Waals surface area (Å²) in [5, 5.41) is 9.41. The van der Waals surface area contributed by atoms with Crippen molar-refractivity contribution in [3.63, 3.8) is 0 Å². The molecule has 1 N–H and O–H groups in total. The standard InChI is InChI=1S/C18H15ClN4O4/c1-2-4-12-20-15(19)14-17(21-12)23(16(22-14)11-5-3-7-26-11)18-10(6-8-27-18)9-13(24)25/h3,5,7,10,18H,6,8-9H2,1H3,(H,24,25)/t10-,18-/m1/s1. The van der Waals surface area contributed by atoms with Gasteiger partial charge in [0.05, 0.1) is 12.7 Å². The molecule has 0 radical (unpaired) electrons. The van der Waals surface area contributed by atoms with Gasteiger partial charge in [-0.3, -0.25) is 9.36 Å². The molecule has 0 aliphatic carbocycles. The topological polar surface area (TPSA) is 103 Å². The zero-order valence-corrected chi connectivity index (χ0v) is 15.1. The third-order valence-electron chi connectivity index (χ3n) is 4.35. The van der Waals surface area contributed by atoms with Crippen LogP contribution in [0.2, 0.25) is 5.15 Å². The van der Waals surface area contributed by atoms with Gasteiger partial charge in [-0.2, -0.15) is 0 Å². The van der Waals surface area contributed by atoms with Gasteiger partial charge in [0.2, 0.25) is 5.82 Å². The summed E-state index contributed by atoms with van der Waals surface area (Å²) in [6.07, 6.45) is 1.57. The lowest BCUT2D eigenvalue weighted by Crippen LogP contribution is -2.19. The lowest BCUT2D eigenvalue weighted by atomic mass is 10.0. The predicted molar refractivity (Wildman–Crippen MR) is 95.9 cm³/mol. The number of carboxylic acid groups (broad SMARTS) is 1. The molecule has 9 heteroatoms. The summed E-state index contributed by atoms with van der Waals surface area (Å²) in [6.45, 7) is 2.12. The normalized spacial score (nSPS) is 19.2. The van der Waals surface area contributed by atoms with E-state index in [1.54, 1.807) is 23.6 Å². The Kier molecular flexibility index (Phi) is 4.56. The second-order valence-electron chi connectivity index (χ2n) is 6.08. The molecule has 0 aromatic carbocycles.